The van der Waals surface area contributed by atoms with Gasteiger partial charge in [0, 0.05) is 18.0 Å². The van der Waals surface area contributed by atoms with Crippen LogP contribution in [0.2, 0.25) is 0 Å². The Balaban J connectivity index is 1.80. The highest BCUT2D eigenvalue weighted by Crippen LogP contribution is 2.19. The molecular weight excluding hydrogens is 303 g/mol. The summed E-state index contributed by atoms with van der Waals surface area (Å²) in [4.78, 5) is 8.91. The van der Waals surface area contributed by atoms with Crippen LogP contribution in [0.25, 0.3) is 11.4 Å². The SMILES string of the molecule is CCCCCCCCc1cnc(-c2ccc(OCCF)cc2)nc1. The van der Waals surface area contributed by atoms with Gasteiger partial charge in [0.05, 0.1) is 0 Å². The summed E-state index contributed by atoms with van der Waals surface area (Å²) in [5.41, 5.74) is 2.13. The molecule has 24 heavy (non-hydrogen) atoms. The van der Waals surface area contributed by atoms with E-state index >= 15 is 0 Å². The molecular formula is C20H27FN2O. The maximum absolute atomic E-state index is 12.1. The molecule has 4 heteroatoms. The van der Waals surface area contributed by atoms with Crippen LogP contribution < -0.4 is 4.74 Å². The quantitative estimate of drug-likeness (QED) is 0.518. The van der Waals surface area contributed by atoms with E-state index in [2.05, 4.69) is 16.9 Å². The van der Waals surface area contributed by atoms with Gasteiger partial charge < -0.3 is 4.74 Å². The van der Waals surface area contributed by atoms with Crippen molar-refractivity contribution >= 4 is 0 Å². The molecule has 130 valence electrons. The normalized spacial score (nSPS) is 10.8. The second-order valence-corrected chi connectivity index (χ2v) is 5.99. The molecule has 0 atom stereocenters. The van der Waals surface area contributed by atoms with Crippen molar-refractivity contribution < 1.29 is 9.13 Å². The first kappa shape index (κ1) is 18.4. The van der Waals surface area contributed by atoms with E-state index in [1.807, 2.05) is 36.7 Å². The minimum atomic E-state index is -0.481. The number of hydrogen-bond acceptors (Lipinski definition) is 3. The van der Waals surface area contributed by atoms with Crippen molar-refractivity contribution in [3.63, 3.8) is 0 Å². The molecule has 2 rings (SSSR count). The Kier molecular flexibility index (Phi) is 8.22. The number of rotatable bonds is 11. The average Bonchev–Trinajstić information content (AvgIpc) is 2.64. The lowest BCUT2D eigenvalue weighted by atomic mass is 10.1. The van der Waals surface area contributed by atoms with E-state index in [0.29, 0.717) is 11.6 Å². The van der Waals surface area contributed by atoms with Crippen molar-refractivity contribution in [3.8, 4) is 17.1 Å². The predicted molar refractivity (Wildman–Crippen MR) is 96.0 cm³/mol. The molecule has 0 saturated carbocycles. The average molecular weight is 330 g/mol. The zero-order chi connectivity index (χ0) is 17.0. The van der Waals surface area contributed by atoms with Crippen molar-refractivity contribution in [1.29, 1.82) is 0 Å². The number of alkyl halides is 1. The Morgan fingerprint density at radius 2 is 1.58 bits per heavy atom. The maximum Gasteiger partial charge on any atom is 0.159 e. The Morgan fingerprint density at radius 1 is 0.917 bits per heavy atom. The zero-order valence-corrected chi connectivity index (χ0v) is 14.5. The van der Waals surface area contributed by atoms with E-state index < -0.39 is 6.67 Å². The van der Waals surface area contributed by atoms with E-state index in [0.717, 1.165) is 12.0 Å². The summed E-state index contributed by atoms with van der Waals surface area (Å²) in [7, 11) is 0. The Labute approximate surface area is 144 Å². The van der Waals surface area contributed by atoms with Crippen LogP contribution in [0, 0.1) is 0 Å². The molecule has 0 radical (unpaired) electrons. The summed E-state index contributed by atoms with van der Waals surface area (Å²) in [6.45, 7) is 1.84. The molecule has 0 bridgehead atoms. The van der Waals surface area contributed by atoms with Gasteiger partial charge in [-0.15, -0.1) is 0 Å². The van der Waals surface area contributed by atoms with Crippen molar-refractivity contribution in [2.45, 2.75) is 51.9 Å². The van der Waals surface area contributed by atoms with Crippen LogP contribution >= 0.6 is 0 Å². The first-order valence-electron chi connectivity index (χ1n) is 8.93. The van der Waals surface area contributed by atoms with Crippen LogP contribution in [0.3, 0.4) is 0 Å². The monoisotopic (exact) mass is 330 g/mol. The van der Waals surface area contributed by atoms with E-state index in [4.69, 9.17) is 4.74 Å². The summed E-state index contributed by atoms with van der Waals surface area (Å²) < 4.78 is 17.3. The second kappa shape index (κ2) is 10.7. The molecule has 0 spiro atoms. The van der Waals surface area contributed by atoms with Crippen molar-refractivity contribution in [2.75, 3.05) is 13.3 Å². The van der Waals surface area contributed by atoms with E-state index in [1.54, 1.807) is 0 Å². The molecule has 1 aromatic heterocycles. The number of hydrogen-bond donors (Lipinski definition) is 0. The minimum absolute atomic E-state index is 0.0863. The van der Waals surface area contributed by atoms with Crippen LogP contribution in [0.1, 0.15) is 51.0 Å². The highest BCUT2D eigenvalue weighted by Gasteiger charge is 2.03. The molecule has 1 aromatic carbocycles. The van der Waals surface area contributed by atoms with Gasteiger partial charge in [0.25, 0.3) is 0 Å². The van der Waals surface area contributed by atoms with Gasteiger partial charge in [0.2, 0.25) is 0 Å². The van der Waals surface area contributed by atoms with Gasteiger partial charge in [-0.1, -0.05) is 39.0 Å². The number of nitrogens with zero attached hydrogens (tertiary/aromatic N) is 2. The molecule has 0 N–H and O–H groups in total. The Hall–Kier alpha value is -1.97. The molecule has 0 aliphatic carbocycles. The summed E-state index contributed by atoms with van der Waals surface area (Å²) in [6.07, 6.45) is 12.7. The van der Waals surface area contributed by atoms with Crippen LogP contribution in [0.15, 0.2) is 36.7 Å². The van der Waals surface area contributed by atoms with Crippen molar-refractivity contribution in [2.24, 2.45) is 0 Å². The maximum atomic E-state index is 12.1. The van der Waals surface area contributed by atoms with Gasteiger partial charge in [-0.25, -0.2) is 14.4 Å². The molecule has 0 aliphatic heterocycles. The van der Waals surface area contributed by atoms with Crippen molar-refractivity contribution in [1.82, 2.24) is 9.97 Å². The van der Waals surface area contributed by atoms with Gasteiger partial charge in [0.15, 0.2) is 5.82 Å². The largest absolute Gasteiger partial charge is 0.491 e. The molecule has 2 aromatic rings. The number of aromatic nitrogens is 2. The number of aryl methyl sites for hydroxylation is 1. The Morgan fingerprint density at radius 3 is 2.25 bits per heavy atom. The molecule has 0 aliphatic rings. The third-order valence-electron chi connectivity index (χ3n) is 3.98. The smallest absolute Gasteiger partial charge is 0.159 e. The predicted octanol–water partition coefficient (Wildman–Crippen LogP) is 5.39. The highest BCUT2D eigenvalue weighted by atomic mass is 19.1. The standard InChI is InChI=1S/C20H27FN2O/c1-2-3-4-5-6-7-8-17-15-22-20(23-16-17)18-9-11-19(12-10-18)24-14-13-21/h9-12,15-16H,2-8,13-14H2,1H3. The molecule has 1 heterocycles. The number of ether oxygens (including phenoxy) is 1. The van der Waals surface area contributed by atoms with Crippen LogP contribution in [0.4, 0.5) is 4.39 Å². The Bertz CT molecular complexity index is 569. The van der Waals surface area contributed by atoms with Crippen molar-refractivity contribution in [3.05, 3.63) is 42.2 Å². The number of halogens is 1. The molecule has 0 fully saturated rings. The number of unbranched alkanes of at least 4 members (excludes halogenated alkanes) is 5. The lowest BCUT2D eigenvalue weighted by Gasteiger charge is -2.06. The van der Waals surface area contributed by atoms with Crippen LogP contribution in [-0.2, 0) is 6.42 Å². The third kappa shape index (κ3) is 6.26. The van der Waals surface area contributed by atoms with E-state index in [-0.39, 0.29) is 6.61 Å². The molecule has 0 amide bonds. The number of benzene rings is 1. The fourth-order valence-corrected chi connectivity index (χ4v) is 2.60. The van der Waals surface area contributed by atoms with Gasteiger partial charge in [-0.3, -0.25) is 0 Å². The fourth-order valence-electron chi connectivity index (χ4n) is 2.60. The third-order valence-corrected chi connectivity index (χ3v) is 3.98. The van der Waals surface area contributed by atoms with E-state index in [9.17, 15) is 4.39 Å². The van der Waals surface area contributed by atoms with Gasteiger partial charge in [0.1, 0.15) is 19.0 Å². The topological polar surface area (TPSA) is 35.0 Å². The summed E-state index contributed by atoms with van der Waals surface area (Å²) >= 11 is 0. The minimum Gasteiger partial charge on any atom is -0.491 e. The summed E-state index contributed by atoms with van der Waals surface area (Å²) in [6, 6.07) is 7.43. The van der Waals surface area contributed by atoms with Gasteiger partial charge >= 0.3 is 0 Å². The molecule has 0 unspecified atom stereocenters. The van der Waals surface area contributed by atoms with Crippen LogP contribution in [0.5, 0.6) is 5.75 Å². The summed E-state index contributed by atoms with van der Waals surface area (Å²) in [5.74, 6) is 1.37. The lowest BCUT2D eigenvalue weighted by Crippen LogP contribution is -1.98. The fraction of sp³-hybridized carbons (Fsp3) is 0.500. The van der Waals surface area contributed by atoms with E-state index in [1.165, 1.54) is 44.1 Å². The second-order valence-electron chi connectivity index (χ2n) is 5.99. The lowest BCUT2D eigenvalue weighted by molar-refractivity contribution is 0.273. The molecule has 3 nitrogen and oxygen atoms in total. The first-order chi connectivity index (χ1) is 11.8. The zero-order valence-electron chi connectivity index (χ0n) is 14.5. The van der Waals surface area contributed by atoms with Crippen LogP contribution in [-0.4, -0.2) is 23.2 Å². The van der Waals surface area contributed by atoms with Gasteiger partial charge in [-0.05, 0) is 42.7 Å². The summed E-state index contributed by atoms with van der Waals surface area (Å²) in [5, 5.41) is 0. The van der Waals surface area contributed by atoms with Gasteiger partial charge in [-0.2, -0.15) is 0 Å². The highest BCUT2D eigenvalue weighted by molar-refractivity contribution is 5.55. The molecule has 0 saturated heterocycles. The first-order valence-corrected chi connectivity index (χ1v) is 8.93.